The summed E-state index contributed by atoms with van der Waals surface area (Å²) >= 11 is 0. The number of nitrogens with zero attached hydrogens (tertiary/aromatic N) is 6. The van der Waals surface area contributed by atoms with Gasteiger partial charge in [0.25, 0.3) is 5.91 Å². The van der Waals surface area contributed by atoms with E-state index in [1.54, 1.807) is 47.5 Å². The van der Waals surface area contributed by atoms with Gasteiger partial charge in [0.15, 0.2) is 5.82 Å². The summed E-state index contributed by atoms with van der Waals surface area (Å²) in [5, 5.41) is 36.1. The highest BCUT2D eigenvalue weighted by molar-refractivity contribution is 5.98. The second kappa shape index (κ2) is 12.1. The number of phenolic OH excluding ortho intramolecular Hbond substituents is 1. The zero-order chi connectivity index (χ0) is 32.7. The molecule has 3 atom stereocenters. The maximum atomic E-state index is 13.4. The van der Waals surface area contributed by atoms with Gasteiger partial charge in [-0.25, -0.2) is 0 Å². The number of carbonyl (C=O) groups excluding carboxylic acids is 2. The molecule has 2 amide bonds. The number of aliphatic hydroxyl groups is 1. The van der Waals surface area contributed by atoms with Gasteiger partial charge in [-0.05, 0) is 61.2 Å². The number of nitrogens with two attached hydrogens (primary N) is 1. The highest BCUT2D eigenvalue weighted by atomic mass is 16.3. The number of aromatic hydroxyl groups is 1. The van der Waals surface area contributed by atoms with E-state index in [9.17, 15) is 19.8 Å². The average Bonchev–Trinajstić information content (AvgIpc) is 3.61. The van der Waals surface area contributed by atoms with Crippen LogP contribution in [0.5, 0.6) is 5.75 Å². The number of phenols is 1. The Labute approximate surface area is 267 Å². The van der Waals surface area contributed by atoms with Crippen LogP contribution in [0.2, 0.25) is 0 Å². The molecule has 12 nitrogen and oxygen atoms in total. The van der Waals surface area contributed by atoms with Crippen LogP contribution in [0.25, 0.3) is 22.4 Å². The topological polar surface area (TPSA) is 163 Å². The lowest BCUT2D eigenvalue weighted by molar-refractivity contribution is -0.136. The number of hydrogen-bond acceptors (Lipinski definition) is 9. The van der Waals surface area contributed by atoms with Crippen molar-refractivity contribution in [2.45, 2.75) is 58.3 Å². The summed E-state index contributed by atoms with van der Waals surface area (Å²) in [5.41, 5.74) is 9.70. The molecule has 2 aromatic carbocycles. The van der Waals surface area contributed by atoms with Gasteiger partial charge >= 0.3 is 0 Å². The van der Waals surface area contributed by atoms with Gasteiger partial charge in [0.2, 0.25) is 5.91 Å². The molecule has 2 aromatic heterocycles. The molecule has 5 N–H and O–H groups in total. The molecule has 4 heterocycles. The van der Waals surface area contributed by atoms with Gasteiger partial charge in [-0.1, -0.05) is 32.9 Å². The number of nitrogen functional groups attached to an aromatic ring is 1. The van der Waals surface area contributed by atoms with E-state index in [1.165, 1.54) is 0 Å². The van der Waals surface area contributed by atoms with Crippen LogP contribution in [0, 0.1) is 5.41 Å². The van der Waals surface area contributed by atoms with E-state index in [0.717, 1.165) is 24.3 Å². The fourth-order valence-electron chi connectivity index (χ4n) is 6.13. The summed E-state index contributed by atoms with van der Waals surface area (Å²) in [4.78, 5) is 30.5. The number of β-amino-alcohol motifs (C(OH)–C–C–N with tert-alkyl or cyclic N) is 1. The van der Waals surface area contributed by atoms with Crippen molar-refractivity contribution in [2.75, 3.05) is 30.3 Å². The molecule has 240 valence electrons. The second-order valence-corrected chi connectivity index (χ2v) is 13.4. The zero-order valence-corrected chi connectivity index (χ0v) is 26.5. The normalized spacial score (nSPS) is 19.2. The van der Waals surface area contributed by atoms with Crippen molar-refractivity contribution in [2.24, 2.45) is 5.41 Å². The third-order valence-corrected chi connectivity index (χ3v) is 8.87. The maximum Gasteiger partial charge on any atom is 0.251 e. The van der Waals surface area contributed by atoms with Crippen molar-refractivity contribution in [3.63, 3.8) is 0 Å². The van der Waals surface area contributed by atoms with Gasteiger partial charge in [-0.2, -0.15) is 5.10 Å². The predicted octanol–water partition coefficient (Wildman–Crippen LogP) is 3.48. The van der Waals surface area contributed by atoms with Gasteiger partial charge in [-0.15, -0.1) is 10.2 Å². The van der Waals surface area contributed by atoms with Crippen LogP contribution < -0.4 is 16.0 Å². The summed E-state index contributed by atoms with van der Waals surface area (Å²) < 4.78 is 1.91. The van der Waals surface area contributed by atoms with Crippen molar-refractivity contribution in [3.8, 4) is 28.1 Å². The molecule has 4 aromatic rings. The first kappa shape index (κ1) is 31.0. The first-order chi connectivity index (χ1) is 21.9. The molecular weight excluding hydrogens is 584 g/mol. The molecule has 2 aliphatic heterocycles. The standard InChI is InChI=1S/C34H40N8O4/c1-20-13-25(43)19-41(20)33(46)30(34(2,3)4)37-32(45)21-9-11-23(12-10-21)40-17-24(18-40)42-16-22(15-36-42)27-14-28(38-39-31(27)35)26-7-5-6-8-29(26)44/h5-12,14-16,20,24-25,30,43-44H,13,17-19H2,1-4H3,(H2,35,39)(H,37,45)/t20-,25-,30-/m1/s1. The number of hydrogen-bond donors (Lipinski definition) is 4. The van der Waals surface area contributed by atoms with E-state index >= 15 is 0 Å². The molecule has 0 radical (unpaired) electrons. The van der Waals surface area contributed by atoms with Crippen LogP contribution >= 0.6 is 0 Å². The van der Waals surface area contributed by atoms with Gasteiger partial charge in [0.05, 0.1) is 24.0 Å². The number of benzene rings is 2. The van der Waals surface area contributed by atoms with Crippen LogP contribution in [-0.4, -0.2) is 84.7 Å². The fraction of sp³-hybridized carbons (Fsp3) is 0.382. The minimum absolute atomic E-state index is 0.0779. The van der Waals surface area contributed by atoms with E-state index in [0.29, 0.717) is 28.8 Å². The Balaban J connectivity index is 1.08. The molecule has 0 spiro atoms. The van der Waals surface area contributed by atoms with E-state index in [4.69, 9.17) is 5.73 Å². The van der Waals surface area contributed by atoms with Crippen molar-refractivity contribution >= 4 is 23.3 Å². The fourth-order valence-corrected chi connectivity index (χ4v) is 6.13. The largest absolute Gasteiger partial charge is 0.507 e. The summed E-state index contributed by atoms with van der Waals surface area (Å²) in [6, 6.07) is 15.5. The maximum absolute atomic E-state index is 13.4. The van der Waals surface area contributed by atoms with Crippen LogP contribution in [0.15, 0.2) is 67.0 Å². The lowest BCUT2D eigenvalue weighted by atomic mass is 9.85. The molecule has 0 aliphatic carbocycles. The number of carbonyl (C=O) groups is 2. The number of para-hydroxylation sites is 1. The van der Waals surface area contributed by atoms with E-state index < -0.39 is 17.6 Å². The molecule has 0 unspecified atom stereocenters. The Morgan fingerprint density at radius 3 is 2.39 bits per heavy atom. The van der Waals surface area contributed by atoms with Crippen LogP contribution in [-0.2, 0) is 4.79 Å². The third-order valence-electron chi connectivity index (χ3n) is 8.87. The van der Waals surface area contributed by atoms with Crippen molar-refractivity contribution in [1.29, 1.82) is 0 Å². The summed E-state index contributed by atoms with van der Waals surface area (Å²) in [6.45, 7) is 9.45. The molecular formula is C34H40N8O4. The molecule has 12 heteroatoms. The highest BCUT2D eigenvalue weighted by Crippen LogP contribution is 2.34. The monoisotopic (exact) mass is 624 g/mol. The summed E-state index contributed by atoms with van der Waals surface area (Å²) in [6.07, 6.45) is 3.69. The Hall–Kier alpha value is -4.97. The Kier molecular flexibility index (Phi) is 8.15. The molecule has 2 aliphatic rings. The molecule has 2 saturated heterocycles. The van der Waals surface area contributed by atoms with E-state index in [2.05, 4.69) is 25.5 Å². The van der Waals surface area contributed by atoms with Crippen molar-refractivity contribution in [1.82, 2.24) is 30.2 Å². The lowest BCUT2D eigenvalue weighted by Gasteiger charge is -2.41. The minimum Gasteiger partial charge on any atom is -0.507 e. The van der Waals surface area contributed by atoms with Gasteiger partial charge < -0.3 is 31.1 Å². The number of nitrogens with one attached hydrogen (secondary N) is 1. The predicted molar refractivity (Wildman–Crippen MR) is 175 cm³/mol. The molecule has 0 saturated carbocycles. The van der Waals surface area contributed by atoms with E-state index in [-0.39, 0.29) is 42.0 Å². The Morgan fingerprint density at radius 2 is 1.74 bits per heavy atom. The average molecular weight is 625 g/mol. The van der Waals surface area contributed by atoms with Gasteiger partial charge in [-0.3, -0.25) is 14.3 Å². The smallest absolute Gasteiger partial charge is 0.251 e. The van der Waals surface area contributed by atoms with Crippen LogP contribution in [0.4, 0.5) is 11.5 Å². The SMILES string of the molecule is C[C@@H]1C[C@@H](O)CN1C(=O)[C@@H](NC(=O)c1ccc(N2CC(n3cc(-c4cc(-c5ccccc5O)nnc4N)cn3)C2)cc1)C(C)(C)C. The first-order valence-electron chi connectivity index (χ1n) is 15.5. The highest BCUT2D eigenvalue weighted by Gasteiger charge is 2.40. The third kappa shape index (κ3) is 6.12. The minimum atomic E-state index is -0.724. The number of aliphatic hydroxyl groups excluding tert-OH is 1. The number of likely N-dealkylation sites (tertiary alicyclic amines) is 1. The number of aromatic nitrogens is 4. The van der Waals surface area contributed by atoms with Gasteiger partial charge in [0, 0.05) is 59.8 Å². The Morgan fingerprint density at radius 1 is 1.02 bits per heavy atom. The van der Waals surface area contributed by atoms with Gasteiger partial charge in [0.1, 0.15) is 11.8 Å². The van der Waals surface area contributed by atoms with Crippen molar-refractivity contribution in [3.05, 3.63) is 72.6 Å². The summed E-state index contributed by atoms with van der Waals surface area (Å²) in [5.74, 6) is -0.0907. The second-order valence-electron chi connectivity index (χ2n) is 13.4. The van der Waals surface area contributed by atoms with Crippen molar-refractivity contribution < 1.29 is 19.8 Å². The zero-order valence-electron chi connectivity index (χ0n) is 26.5. The van der Waals surface area contributed by atoms with Crippen LogP contribution in [0.3, 0.4) is 0 Å². The molecule has 46 heavy (non-hydrogen) atoms. The quantitative estimate of drug-likeness (QED) is 0.241. The molecule has 6 rings (SSSR count). The number of rotatable bonds is 7. The molecule has 0 bridgehead atoms. The number of amides is 2. The summed E-state index contributed by atoms with van der Waals surface area (Å²) in [7, 11) is 0. The lowest BCUT2D eigenvalue weighted by Crippen LogP contribution is -2.55. The Bertz CT molecular complexity index is 1740. The van der Waals surface area contributed by atoms with E-state index in [1.807, 2.05) is 56.8 Å². The van der Waals surface area contributed by atoms with Crippen LogP contribution in [0.1, 0.15) is 50.5 Å². The first-order valence-corrected chi connectivity index (χ1v) is 15.5. The molecule has 2 fully saturated rings. The number of anilines is 2.